The van der Waals surface area contributed by atoms with Gasteiger partial charge in [0.2, 0.25) is 0 Å². The fourth-order valence-electron chi connectivity index (χ4n) is 2.91. The van der Waals surface area contributed by atoms with E-state index in [1.54, 1.807) is 0 Å². The van der Waals surface area contributed by atoms with Crippen molar-refractivity contribution in [3.05, 3.63) is 23.0 Å². The van der Waals surface area contributed by atoms with Gasteiger partial charge >= 0.3 is 0 Å². The molecule has 2 aliphatic rings. The first kappa shape index (κ1) is 12.8. The number of aryl methyl sites for hydroxylation is 1. The van der Waals surface area contributed by atoms with Crippen molar-refractivity contribution in [2.45, 2.75) is 25.7 Å². The van der Waals surface area contributed by atoms with Crippen molar-refractivity contribution in [3.63, 3.8) is 0 Å². The predicted octanol–water partition coefficient (Wildman–Crippen LogP) is 1.45. The lowest BCUT2D eigenvalue weighted by atomic mass is 10.1. The second-order valence-corrected chi connectivity index (χ2v) is 5.86. The summed E-state index contributed by atoms with van der Waals surface area (Å²) in [6, 6.07) is 1.95. The Morgan fingerprint density at radius 1 is 1.38 bits per heavy atom. The van der Waals surface area contributed by atoms with Crippen molar-refractivity contribution in [2.75, 3.05) is 26.2 Å². The van der Waals surface area contributed by atoms with Gasteiger partial charge in [0.05, 0.1) is 16.6 Å². The van der Waals surface area contributed by atoms with Crippen molar-refractivity contribution in [2.24, 2.45) is 0 Å². The normalized spacial score (nSPS) is 19.2. The van der Waals surface area contributed by atoms with E-state index in [4.69, 9.17) is 4.52 Å². The van der Waals surface area contributed by atoms with Crippen LogP contribution in [-0.2, 0) is 0 Å². The lowest BCUT2D eigenvalue weighted by molar-refractivity contribution is 0.0737. The summed E-state index contributed by atoms with van der Waals surface area (Å²) in [7, 11) is 0. The second-order valence-electron chi connectivity index (χ2n) is 5.86. The Morgan fingerprint density at radius 3 is 2.86 bits per heavy atom. The number of aromatic nitrogens is 2. The van der Waals surface area contributed by atoms with Gasteiger partial charge in [-0.25, -0.2) is 4.98 Å². The van der Waals surface area contributed by atoms with E-state index < -0.39 is 0 Å². The van der Waals surface area contributed by atoms with Crippen LogP contribution in [0.15, 0.2) is 10.6 Å². The fourth-order valence-corrected chi connectivity index (χ4v) is 2.91. The van der Waals surface area contributed by atoms with Crippen LogP contribution in [0.1, 0.15) is 40.5 Å². The first-order valence-electron chi connectivity index (χ1n) is 7.51. The third-order valence-electron chi connectivity index (χ3n) is 4.27. The molecular weight excluding hydrogens is 268 g/mol. The molecule has 6 heteroatoms. The minimum atomic E-state index is 0.0668. The first-order valence-corrected chi connectivity index (χ1v) is 7.51. The summed E-state index contributed by atoms with van der Waals surface area (Å²) < 4.78 is 5.30. The molecule has 0 unspecified atom stereocenters. The maximum absolute atomic E-state index is 12.9. The molecule has 1 saturated carbocycles. The number of amides is 1. The highest BCUT2D eigenvalue weighted by Crippen LogP contribution is 2.40. The van der Waals surface area contributed by atoms with E-state index in [-0.39, 0.29) is 5.91 Å². The van der Waals surface area contributed by atoms with E-state index in [2.05, 4.69) is 15.5 Å². The Bertz CT molecular complexity index is 699. The molecule has 1 saturated heterocycles. The number of fused-ring (bicyclic) bond motifs is 1. The smallest absolute Gasteiger partial charge is 0.259 e. The molecule has 1 N–H and O–H groups in total. The van der Waals surface area contributed by atoms with Crippen LogP contribution in [0.5, 0.6) is 0 Å². The SMILES string of the molecule is Cc1noc2nc(C3CC3)cc(C(=O)N3CCNCC3)c12. The molecule has 6 nitrogen and oxygen atoms in total. The zero-order chi connectivity index (χ0) is 14.4. The van der Waals surface area contributed by atoms with Crippen LogP contribution in [0.2, 0.25) is 0 Å². The van der Waals surface area contributed by atoms with Gasteiger partial charge in [0.15, 0.2) is 0 Å². The number of nitrogens with zero attached hydrogens (tertiary/aromatic N) is 3. The molecule has 0 bridgehead atoms. The van der Waals surface area contributed by atoms with E-state index in [1.165, 1.54) is 0 Å². The molecular formula is C15H18N4O2. The number of hydrogen-bond donors (Lipinski definition) is 1. The minimum Gasteiger partial charge on any atom is -0.336 e. The Hall–Kier alpha value is -1.95. The standard InChI is InChI=1S/C15H18N4O2/c1-9-13-11(15(20)19-6-4-16-5-7-19)8-12(10-2-3-10)17-14(13)21-18-9/h8,10,16H,2-7H2,1H3. The summed E-state index contributed by atoms with van der Waals surface area (Å²) in [6.45, 7) is 5.03. The maximum atomic E-state index is 12.9. The van der Waals surface area contributed by atoms with Crippen molar-refractivity contribution < 1.29 is 9.32 Å². The largest absolute Gasteiger partial charge is 0.336 e. The Labute approximate surface area is 122 Å². The lowest BCUT2D eigenvalue weighted by Crippen LogP contribution is -2.46. The fraction of sp³-hybridized carbons (Fsp3) is 0.533. The molecule has 1 aliphatic heterocycles. The van der Waals surface area contributed by atoms with Crippen LogP contribution < -0.4 is 5.32 Å². The van der Waals surface area contributed by atoms with Gasteiger partial charge in [-0.05, 0) is 25.8 Å². The first-order chi connectivity index (χ1) is 10.2. The summed E-state index contributed by atoms with van der Waals surface area (Å²) in [5, 5.41) is 8.02. The highest BCUT2D eigenvalue weighted by atomic mass is 16.5. The molecule has 2 aromatic rings. The van der Waals surface area contributed by atoms with Crippen LogP contribution >= 0.6 is 0 Å². The molecule has 0 aromatic carbocycles. The second kappa shape index (κ2) is 4.80. The lowest BCUT2D eigenvalue weighted by Gasteiger charge is -2.27. The average Bonchev–Trinajstić information content (AvgIpc) is 3.31. The molecule has 2 fully saturated rings. The summed E-state index contributed by atoms with van der Waals surface area (Å²) in [4.78, 5) is 19.3. The highest BCUT2D eigenvalue weighted by Gasteiger charge is 2.30. The number of rotatable bonds is 2. The van der Waals surface area contributed by atoms with E-state index in [0.717, 1.165) is 55.8 Å². The number of piperazine rings is 1. The van der Waals surface area contributed by atoms with Crippen LogP contribution in [0, 0.1) is 6.92 Å². The molecule has 2 aromatic heterocycles. The monoisotopic (exact) mass is 286 g/mol. The minimum absolute atomic E-state index is 0.0668. The summed E-state index contributed by atoms with van der Waals surface area (Å²) in [6.07, 6.45) is 2.29. The summed E-state index contributed by atoms with van der Waals surface area (Å²) in [5.74, 6) is 0.548. The van der Waals surface area contributed by atoms with Crippen molar-refractivity contribution >= 4 is 17.0 Å². The third-order valence-corrected chi connectivity index (χ3v) is 4.27. The highest BCUT2D eigenvalue weighted by molar-refractivity contribution is 6.06. The zero-order valence-electron chi connectivity index (χ0n) is 12.1. The molecule has 0 radical (unpaired) electrons. The van der Waals surface area contributed by atoms with Gasteiger partial charge in [-0.2, -0.15) is 0 Å². The third kappa shape index (κ3) is 2.19. The van der Waals surface area contributed by atoms with E-state index in [0.29, 0.717) is 17.2 Å². The van der Waals surface area contributed by atoms with Gasteiger partial charge in [-0.3, -0.25) is 4.79 Å². The van der Waals surface area contributed by atoms with Gasteiger partial charge in [0, 0.05) is 37.8 Å². The van der Waals surface area contributed by atoms with Gasteiger partial charge in [-0.1, -0.05) is 5.16 Å². The molecule has 110 valence electrons. The number of pyridine rings is 1. The topological polar surface area (TPSA) is 71.3 Å². The van der Waals surface area contributed by atoms with Crippen LogP contribution in [0.25, 0.3) is 11.1 Å². The summed E-state index contributed by atoms with van der Waals surface area (Å²) >= 11 is 0. The number of hydrogen-bond acceptors (Lipinski definition) is 5. The van der Waals surface area contributed by atoms with Crippen molar-refractivity contribution in [1.82, 2.24) is 20.4 Å². The number of nitrogens with one attached hydrogen (secondary N) is 1. The molecule has 0 spiro atoms. The van der Waals surface area contributed by atoms with E-state index in [1.807, 2.05) is 17.9 Å². The molecule has 0 atom stereocenters. The maximum Gasteiger partial charge on any atom is 0.259 e. The van der Waals surface area contributed by atoms with Crippen molar-refractivity contribution in [3.8, 4) is 0 Å². The van der Waals surface area contributed by atoms with Crippen LogP contribution in [0.3, 0.4) is 0 Å². The summed E-state index contributed by atoms with van der Waals surface area (Å²) in [5.41, 5.74) is 2.90. The Morgan fingerprint density at radius 2 is 2.14 bits per heavy atom. The predicted molar refractivity (Wildman–Crippen MR) is 77.3 cm³/mol. The van der Waals surface area contributed by atoms with Gasteiger partial charge in [0.25, 0.3) is 11.6 Å². The van der Waals surface area contributed by atoms with Gasteiger partial charge in [-0.15, -0.1) is 0 Å². The average molecular weight is 286 g/mol. The molecule has 1 aliphatic carbocycles. The van der Waals surface area contributed by atoms with Gasteiger partial charge in [0.1, 0.15) is 0 Å². The molecule has 4 rings (SSSR count). The van der Waals surface area contributed by atoms with Crippen LogP contribution in [0.4, 0.5) is 0 Å². The molecule has 21 heavy (non-hydrogen) atoms. The van der Waals surface area contributed by atoms with E-state index in [9.17, 15) is 4.79 Å². The quantitative estimate of drug-likeness (QED) is 0.905. The van der Waals surface area contributed by atoms with Gasteiger partial charge < -0.3 is 14.7 Å². The molecule has 3 heterocycles. The van der Waals surface area contributed by atoms with E-state index >= 15 is 0 Å². The molecule has 1 amide bonds. The van der Waals surface area contributed by atoms with Crippen molar-refractivity contribution in [1.29, 1.82) is 0 Å². The number of carbonyl (C=O) groups excluding carboxylic acids is 1. The van der Waals surface area contributed by atoms with Crippen LogP contribution in [-0.4, -0.2) is 47.1 Å². The Balaban J connectivity index is 1.81. The number of carbonyl (C=O) groups is 1. The Kier molecular flexibility index (Phi) is 2.92. The zero-order valence-corrected chi connectivity index (χ0v) is 12.1.